The van der Waals surface area contributed by atoms with Gasteiger partial charge in [0.1, 0.15) is 17.5 Å². The van der Waals surface area contributed by atoms with Gasteiger partial charge in [0.05, 0.1) is 6.61 Å². The highest BCUT2D eigenvalue weighted by atomic mass is 79.9. The number of nitrogens with zero attached hydrogens (tertiary/aromatic N) is 1. The van der Waals surface area contributed by atoms with E-state index in [1.165, 1.54) is 18.2 Å². The smallest absolute Gasteiger partial charge is 0.348 e. The lowest BCUT2D eigenvalue weighted by Crippen LogP contribution is -2.06. The Morgan fingerprint density at radius 2 is 2.29 bits per heavy atom. The molecule has 0 aromatic heterocycles. The molecule has 0 atom stereocenters. The van der Waals surface area contributed by atoms with E-state index in [0.29, 0.717) is 10.0 Å². The lowest BCUT2D eigenvalue weighted by Gasteiger charge is -2.00. The van der Waals surface area contributed by atoms with Crippen LogP contribution >= 0.6 is 15.9 Å². The summed E-state index contributed by atoms with van der Waals surface area (Å²) in [7, 11) is 0. The van der Waals surface area contributed by atoms with Crippen LogP contribution in [-0.2, 0) is 9.53 Å². The second-order valence-electron chi connectivity index (χ2n) is 3.09. The molecule has 0 aliphatic heterocycles. The molecule has 0 amide bonds. The van der Waals surface area contributed by atoms with Gasteiger partial charge in [0.25, 0.3) is 0 Å². The van der Waals surface area contributed by atoms with Crippen LogP contribution in [0.1, 0.15) is 12.5 Å². The number of hydrogen-bond donors (Lipinski definition) is 0. The lowest BCUT2D eigenvalue weighted by molar-refractivity contribution is -0.137. The summed E-state index contributed by atoms with van der Waals surface area (Å²) in [5.41, 5.74) is 0.255. The SMILES string of the molecule is CCOC(=O)/C(C#N)=C/c1cc(F)cc(Br)c1. The molecule has 0 aliphatic rings. The number of carbonyl (C=O) groups is 1. The Balaban J connectivity index is 3.07. The molecule has 0 saturated carbocycles. The first-order valence-corrected chi connectivity index (χ1v) is 5.61. The second kappa shape index (κ2) is 6.16. The lowest BCUT2D eigenvalue weighted by atomic mass is 10.1. The minimum absolute atomic E-state index is 0.163. The van der Waals surface area contributed by atoms with Crippen molar-refractivity contribution in [3.05, 3.63) is 39.6 Å². The van der Waals surface area contributed by atoms with Gasteiger partial charge >= 0.3 is 5.97 Å². The molecule has 3 nitrogen and oxygen atoms in total. The zero-order valence-electron chi connectivity index (χ0n) is 9.04. The molecule has 0 saturated heterocycles. The van der Waals surface area contributed by atoms with Crippen molar-refractivity contribution < 1.29 is 13.9 Å². The van der Waals surface area contributed by atoms with Gasteiger partial charge in [-0.3, -0.25) is 0 Å². The van der Waals surface area contributed by atoms with E-state index in [1.807, 2.05) is 0 Å². The van der Waals surface area contributed by atoms with Crippen molar-refractivity contribution in [2.75, 3.05) is 6.61 Å². The molecule has 0 unspecified atom stereocenters. The molecule has 0 spiro atoms. The Hall–Kier alpha value is -1.67. The molecule has 0 fully saturated rings. The third-order valence-electron chi connectivity index (χ3n) is 1.81. The van der Waals surface area contributed by atoms with Crippen molar-refractivity contribution >= 4 is 28.0 Å². The van der Waals surface area contributed by atoms with Gasteiger partial charge in [0.2, 0.25) is 0 Å². The molecule has 1 rings (SSSR count). The van der Waals surface area contributed by atoms with E-state index >= 15 is 0 Å². The van der Waals surface area contributed by atoms with Gasteiger partial charge in [0, 0.05) is 4.47 Å². The van der Waals surface area contributed by atoms with E-state index in [9.17, 15) is 9.18 Å². The quantitative estimate of drug-likeness (QED) is 0.489. The number of hydrogen-bond acceptors (Lipinski definition) is 3. The third kappa shape index (κ3) is 4.00. The first kappa shape index (κ1) is 13.4. The maximum absolute atomic E-state index is 13.1. The predicted octanol–water partition coefficient (Wildman–Crippen LogP) is 3.06. The fraction of sp³-hybridized carbons (Fsp3) is 0.167. The molecule has 0 heterocycles. The molecule has 0 radical (unpaired) electrons. The summed E-state index contributed by atoms with van der Waals surface area (Å²) in [6, 6.07) is 5.83. The van der Waals surface area contributed by atoms with Crippen LogP contribution in [0.5, 0.6) is 0 Å². The Bertz CT molecular complexity index is 485. The van der Waals surface area contributed by atoms with Crippen LogP contribution < -0.4 is 0 Å². The Morgan fingerprint density at radius 3 is 2.82 bits per heavy atom. The third-order valence-corrected chi connectivity index (χ3v) is 2.27. The Morgan fingerprint density at radius 1 is 1.59 bits per heavy atom. The Labute approximate surface area is 107 Å². The highest BCUT2D eigenvalue weighted by molar-refractivity contribution is 9.10. The van der Waals surface area contributed by atoms with Crippen LogP contribution in [0.3, 0.4) is 0 Å². The number of halogens is 2. The summed E-state index contributed by atoms with van der Waals surface area (Å²) in [5, 5.41) is 8.80. The highest BCUT2D eigenvalue weighted by Crippen LogP contribution is 2.17. The van der Waals surface area contributed by atoms with Crippen LogP contribution in [-0.4, -0.2) is 12.6 Å². The zero-order valence-corrected chi connectivity index (χ0v) is 10.6. The number of nitriles is 1. The van der Waals surface area contributed by atoms with Crippen molar-refractivity contribution in [1.82, 2.24) is 0 Å². The molecular formula is C12H9BrFNO2. The summed E-state index contributed by atoms with van der Waals surface area (Å²) >= 11 is 3.12. The molecule has 0 bridgehead atoms. The van der Waals surface area contributed by atoms with Gasteiger partial charge in [-0.05, 0) is 36.8 Å². The average molecular weight is 298 g/mol. The van der Waals surface area contributed by atoms with Gasteiger partial charge in [-0.1, -0.05) is 15.9 Å². The number of esters is 1. The van der Waals surface area contributed by atoms with Crippen LogP contribution in [0, 0.1) is 17.1 Å². The van der Waals surface area contributed by atoms with Crippen LogP contribution in [0.4, 0.5) is 4.39 Å². The van der Waals surface area contributed by atoms with Crippen molar-refractivity contribution in [2.24, 2.45) is 0 Å². The average Bonchev–Trinajstić information content (AvgIpc) is 2.24. The van der Waals surface area contributed by atoms with Crippen molar-refractivity contribution in [3.8, 4) is 6.07 Å². The molecule has 1 aromatic rings. The maximum atomic E-state index is 13.1. The standard InChI is InChI=1S/C12H9BrFNO2/c1-2-17-12(16)9(7-15)3-8-4-10(13)6-11(14)5-8/h3-6H,2H2,1H3/b9-3+. The Kier molecular flexibility index (Phi) is 4.85. The van der Waals surface area contributed by atoms with E-state index in [0.717, 1.165) is 0 Å². The maximum Gasteiger partial charge on any atom is 0.348 e. The van der Waals surface area contributed by atoms with E-state index in [1.54, 1.807) is 19.1 Å². The molecule has 5 heteroatoms. The highest BCUT2D eigenvalue weighted by Gasteiger charge is 2.10. The van der Waals surface area contributed by atoms with Crippen LogP contribution in [0.25, 0.3) is 6.08 Å². The van der Waals surface area contributed by atoms with Crippen molar-refractivity contribution in [3.63, 3.8) is 0 Å². The molecule has 1 aromatic carbocycles. The summed E-state index contributed by atoms with van der Waals surface area (Å²) in [6.07, 6.45) is 1.28. The van der Waals surface area contributed by atoms with E-state index in [4.69, 9.17) is 10.00 Å². The van der Waals surface area contributed by atoms with Crippen LogP contribution in [0.15, 0.2) is 28.2 Å². The molecular weight excluding hydrogens is 289 g/mol. The summed E-state index contributed by atoms with van der Waals surface area (Å²) in [4.78, 5) is 11.3. The van der Waals surface area contributed by atoms with Gasteiger partial charge < -0.3 is 4.74 Å². The predicted molar refractivity (Wildman–Crippen MR) is 64.3 cm³/mol. The van der Waals surface area contributed by atoms with E-state index in [2.05, 4.69) is 15.9 Å². The molecule has 17 heavy (non-hydrogen) atoms. The second-order valence-corrected chi connectivity index (χ2v) is 4.01. The number of carbonyl (C=O) groups excluding carboxylic acids is 1. The van der Waals surface area contributed by atoms with Gasteiger partial charge in [-0.2, -0.15) is 5.26 Å². The minimum atomic E-state index is -0.713. The first-order chi connectivity index (χ1) is 8.06. The van der Waals surface area contributed by atoms with Gasteiger partial charge in [0.15, 0.2) is 0 Å². The number of benzene rings is 1. The first-order valence-electron chi connectivity index (χ1n) is 4.82. The molecule has 0 N–H and O–H groups in total. The topological polar surface area (TPSA) is 50.1 Å². The summed E-state index contributed by atoms with van der Waals surface area (Å²) in [5.74, 6) is -1.16. The van der Waals surface area contributed by atoms with Crippen molar-refractivity contribution in [1.29, 1.82) is 5.26 Å². The number of rotatable bonds is 3. The zero-order chi connectivity index (χ0) is 12.8. The van der Waals surface area contributed by atoms with Gasteiger partial charge in [-0.15, -0.1) is 0 Å². The summed E-state index contributed by atoms with van der Waals surface area (Å²) in [6.45, 7) is 1.83. The van der Waals surface area contributed by atoms with E-state index in [-0.39, 0.29) is 12.2 Å². The van der Waals surface area contributed by atoms with Crippen molar-refractivity contribution in [2.45, 2.75) is 6.92 Å². The number of ether oxygens (including phenoxy) is 1. The van der Waals surface area contributed by atoms with Crippen LogP contribution in [0.2, 0.25) is 0 Å². The monoisotopic (exact) mass is 297 g/mol. The van der Waals surface area contributed by atoms with E-state index < -0.39 is 11.8 Å². The largest absolute Gasteiger partial charge is 0.462 e. The molecule has 88 valence electrons. The van der Waals surface area contributed by atoms with Gasteiger partial charge in [-0.25, -0.2) is 9.18 Å². The minimum Gasteiger partial charge on any atom is -0.462 e. The summed E-state index contributed by atoms with van der Waals surface area (Å²) < 4.78 is 18.3. The fourth-order valence-corrected chi connectivity index (χ4v) is 1.65. The molecule has 0 aliphatic carbocycles. The normalized spacial score (nSPS) is 10.8. The fourth-order valence-electron chi connectivity index (χ4n) is 1.17.